The molecule has 3 heterocycles. The molecule has 2 aromatic carbocycles. The van der Waals surface area contributed by atoms with Crippen molar-refractivity contribution in [2.45, 2.75) is 13.3 Å². The number of aryl methyl sites for hydroxylation is 2. The van der Waals surface area contributed by atoms with E-state index in [1.54, 1.807) is 12.4 Å². The lowest BCUT2D eigenvalue weighted by Crippen LogP contribution is -2.04. The standard InChI is InChI=1S/C23H17ClN4O2S/c1-12-9-17-22(20(15(12)10-19(29)30)13-3-5-14(24)6-4-13)31-23(26-17)21-16-11-25-8-7-18(16)28(2)27-21/h3-9,11H,10H2,1-2H3,(H,29,30). The van der Waals surface area contributed by atoms with Crippen LogP contribution in [-0.4, -0.2) is 30.8 Å². The van der Waals surface area contributed by atoms with Crippen LogP contribution in [0.3, 0.4) is 0 Å². The molecular formula is C23H17ClN4O2S. The quantitative estimate of drug-likeness (QED) is 0.392. The molecule has 0 saturated carbocycles. The number of carboxylic acid groups (broad SMARTS) is 1. The summed E-state index contributed by atoms with van der Waals surface area (Å²) in [7, 11) is 1.90. The van der Waals surface area contributed by atoms with E-state index >= 15 is 0 Å². The maximum atomic E-state index is 11.6. The van der Waals surface area contributed by atoms with E-state index < -0.39 is 5.97 Å². The number of carbonyl (C=O) groups is 1. The van der Waals surface area contributed by atoms with Crippen molar-refractivity contribution in [1.82, 2.24) is 19.7 Å². The highest BCUT2D eigenvalue weighted by Gasteiger charge is 2.21. The van der Waals surface area contributed by atoms with Crippen molar-refractivity contribution in [3.05, 3.63) is 64.9 Å². The fraction of sp³-hybridized carbons (Fsp3) is 0.130. The molecule has 0 aliphatic rings. The number of hydrogen-bond acceptors (Lipinski definition) is 5. The Morgan fingerprint density at radius 2 is 2.00 bits per heavy atom. The highest BCUT2D eigenvalue weighted by molar-refractivity contribution is 7.22. The zero-order valence-electron chi connectivity index (χ0n) is 16.8. The number of carboxylic acids is 1. The van der Waals surface area contributed by atoms with E-state index in [0.717, 1.165) is 54.1 Å². The molecule has 1 N–H and O–H groups in total. The number of thiazole rings is 1. The van der Waals surface area contributed by atoms with E-state index in [4.69, 9.17) is 16.6 Å². The summed E-state index contributed by atoms with van der Waals surface area (Å²) in [5, 5.41) is 16.5. The first-order valence-electron chi connectivity index (χ1n) is 9.60. The summed E-state index contributed by atoms with van der Waals surface area (Å²) in [6.45, 7) is 1.93. The number of halogens is 1. The molecule has 0 aliphatic heterocycles. The molecule has 31 heavy (non-hydrogen) atoms. The normalized spacial score (nSPS) is 11.5. The van der Waals surface area contributed by atoms with Crippen LogP contribution in [0.1, 0.15) is 11.1 Å². The van der Waals surface area contributed by atoms with Crippen molar-refractivity contribution in [2.75, 3.05) is 0 Å². The average Bonchev–Trinajstić information content (AvgIpc) is 3.30. The number of nitrogens with zero attached hydrogens (tertiary/aromatic N) is 4. The number of rotatable bonds is 4. The van der Waals surface area contributed by atoms with Gasteiger partial charge in [-0.25, -0.2) is 4.98 Å². The molecule has 0 unspecified atom stereocenters. The summed E-state index contributed by atoms with van der Waals surface area (Å²) < 4.78 is 2.75. The van der Waals surface area contributed by atoms with Crippen molar-refractivity contribution in [1.29, 1.82) is 0 Å². The second-order valence-electron chi connectivity index (χ2n) is 7.36. The number of benzene rings is 2. The second-order valence-corrected chi connectivity index (χ2v) is 8.79. The minimum absolute atomic E-state index is 0.0661. The molecule has 5 rings (SSSR count). The van der Waals surface area contributed by atoms with Crippen LogP contribution < -0.4 is 0 Å². The van der Waals surface area contributed by atoms with Gasteiger partial charge < -0.3 is 5.11 Å². The summed E-state index contributed by atoms with van der Waals surface area (Å²) in [5.41, 5.74) is 6.04. The predicted octanol–water partition coefficient (Wildman–Crippen LogP) is 5.50. The molecule has 0 bridgehead atoms. The number of pyridine rings is 1. The molecular weight excluding hydrogens is 432 g/mol. The molecule has 6 nitrogen and oxygen atoms in total. The summed E-state index contributed by atoms with van der Waals surface area (Å²) in [6.07, 6.45) is 3.47. The number of aromatic nitrogens is 4. The van der Waals surface area contributed by atoms with Gasteiger partial charge in [-0.1, -0.05) is 23.7 Å². The van der Waals surface area contributed by atoms with E-state index in [0.29, 0.717) is 5.02 Å². The smallest absolute Gasteiger partial charge is 0.307 e. The van der Waals surface area contributed by atoms with Gasteiger partial charge in [0, 0.05) is 35.4 Å². The fourth-order valence-corrected chi connectivity index (χ4v) is 5.17. The maximum Gasteiger partial charge on any atom is 0.307 e. The molecule has 0 amide bonds. The highest BCUT2D eigenvalue weighted by atomic mass is 35.5. The van der Waals surface area contributed by atoms with E-state index in [2.05, 4.69) is 10.1 Å². The lowest BCUT2D eigenvalue weighted by atomic mass is 9.93. The van der Waals surface area contributed by atoms with E-state index in [-0.39, 0.29) is 6.42 Å². The van der Waals surface area contributed by atoms with Gasteiger partial charge in [-0.05, 0) is 47.9 Å². The zero-order valence-corrected chi connectivity index (χ0v) is 18.3. The summed E-state index contributed by atoms with van der Waals surface area (Å²) >= 11 is 7.61. The van der Waals surface area contributed by atoms with Crippen LogP contribution in [0, 0.1) is 6.92 Å². The van der Waals surface area contributed by atoms with Crippen LogP contribution in [0.5, 0.6) is 0 Å². The number of fused-ring (bicyclic) bond motifs is 2. The van der Waals surface area contributed by atoms with Gasteiger partial charge in [0.15, 0.2) is 0 Å². The molecule has 154 valence electrons. The molecule has 0 spiro atoms. The Bertz CT molecular complexity index is 1470. The van der Waals surface area contributed by atoms with Crippen molar-refractivity contribution in [2.24, 2.45) is 7.05 Å². The van der Waals surface area contributed by atoms with Gasteiger partial charge in [0.25, 0.3) is 0 Å². The third kappa shape index (κ3) is 3.36. The Hall–Kier alpha value is -3.29. The Balaban J connectivity index is 1.81. The molecule has 8 heteroatoms. The average molecular weight is 449 g/mol. The van der Waals surface area contributed by atoms with E-state index in [1.807, 2.05) is 55.1 Å². The lowest BCUT2D eigenvalue weighted by molar-refractivity contribution is -0.136. The van der Waals surface area contributed by atoms with Crippen molar-refractivity contribution in [3.8, 4) is 21.8 Å². The fourth-order valence-electron chi connectivity index (χ4n) is 3.90. The largest absolute Gasteiger partial charge is 0.481 e. The molecule has 0 radical (unpaired) electrons. The van der Waals surface area contributed by atoms with Gasteiger partial charge in [0.2, 0.25) is 0 Å². The third-order valence-corrected chi connectivity index (χ3v) is 6.67. The molecule has 0 fully saturated rings. The molecule has 0 saturated heterocycles. The molecule has 0 atom stereocenters. The highest BCUT2D eigenvalue weighted by Crippen LogP contribution is 2.41. The summed E-state index contributed by atoms with van der Waals surface area (Å²) in [4.78, 5) is 20.7. The first kappa shape index (κ1) is 19.7. The minimum Gasteiger partial charge on any atom is -0.481 e. The van der Waals surface area contributed by atoms with Crippen LogP contribution in [0.15, 0.2) is 48.8 Å². The van der Waals surface area contributed by atoms with Gasteiger partial charge in [0.1, 0.15) is 10.7 Å². The van der Waals surface area contributed by atoms with E-state index in [1.165, 1.54) is 11.3 Å². The van der Waals surface area contributed by atoms with Crippen LogP contribution in [-0.2, 0) is 18.3 Å². The van der Waals surface area contributed by atoms with Crippen molar-refractivity contribution >= 4 is 50.0 Å². The van der Waals surface area contributed by atoms with Crippen LogP contribution in [0.2, 0.25) is 5.02 Å². The second kappa shape index (κ2) is 7.44. The zero-order chi connectivity index (χ0) is 21.7. The van der Waals surface area contributed by atoms with Crippen LogP contribution in [0.4, 0.5) is 0 Å². The van der Waals surface area contributed by atoms with Gasteiger partial charge in [-0.2, -0.15) is 5.10 Å². The summed E-state index contributed by atoms with van der Waals surface area (Å²) in [5.74, 6) is -0.871. The van der Waals surface area contributed by atoms with Crippen LogP contribution >= 0.6 is 22.9 Å². The lowest BCUT2D eigenvalue weighted by Gasteiger charge is -2.13. The first-order chi connectivity index (χ1) is 14.9. The van der Waals surface area contributed by atoms with Crippen molar-refractivity contribution < 1.29 is 9.90 Å². The Morgan fingerprint density at radius 3 is 2.74 bits per heavy atom. The SMILES string of the molecule is Cc1cc2nc(-c3nn(C)c4ccncc34)sc2c(-c2ccc(Cl)cc2)c1CC(=O)O. The summed E-state index contributed by atoms with van der Waals surface area (Å²) in [6, 6.07) is 11.3. The molecule has 5 aromatic rings. The first-order valence-corrected chi connectivity index (χ1v) is 10.8. The van der Waals surface area contributed by atoms with Gasteiger partial charge in [0.05, 0.1) is 22.2 Å². The number of hydrogen-bond donors (Lipinski definition) is 1. The topological polar surface area (TPSA) is 80.9 Å². The minimum atomic E-state index is -0.871. The van der Waals surface area contributed by atoms with Crippen molar-refractivity contribution in [3.63, 3.8) is 0 Å². The molecule has 3 aromatic heterocycles. The Kier molecular flexibility index (Phi) is 4.72. The van der Waals surface area contributed by atoms with Gasteiger partial charge >= 0.3 is 5.97 Å². The maximum absolute atomic E-state index is 11.6. The third-order valence-electron chi connectivity index (χ3n) is 5.33. The van der Waals surface area contributed by atoms with Gasteiger partial charge in [-0.15, -0.1) is 11.3 Å². The number of aliphatic carboxylic acids is 1. The molecule has 0 aliphatic carbocycles. The van der Waals surface area contributed by atoms with E-state index in [9.17, 15) is 9.90 Å². The van der Waals surface area contributed by atoms with Gasteiger partial charge in [-0.3, -0.25) is 14.5 Å². The predicted molar refractivity (Wildman–Crippen MR) is 124 cm³/mol. The monoisotopic (exact) mass is 448 g/mol. The Labute approximate surface area is 186 Å². The Morgan fingerprint density at radius 1 is 1.23 bits per heavy atom. The van der Waals surface area contributed by atoms with Crippen LogP contribution in [0.25, 0.3) is 42.9 Å².